The second kappa shape index (κ2) is 4.71. The minimum absolute atomic E-state index is 0.358. The lowest BCUT2D eigenvalue weighted by atomic mass is 9.97. The number of aryl methyl sites for hydroxylation is 1. The maximum atomic E-state index is 9.98. The molecule has 0 aliphatic heterocycles. The first-order valence-electron chi connectivity index (χ1n) is 6.28. The highest BCUT2D eigenvalue weighted by Gasteiger charge is 2.26. The molecule has 1 aromatic heterocycles. The molecular weight excluding hydrogens is 228 g/mol. The first-order valence-corrected chi connectivity index (χ1v) is 6.28. The lowest BCUT2D eigenvalue weighted by molar-refractivity contribution is -0.0472. The zero-order chi connectivity index (χ0) is 13.3. The van der Waals surface area contributed by atoms with Gasteiger partial charge in [0.15, 0.2) is 0 Å². The molecule has 2 N–H and O–H groups in total. The van der Waals surface area contributed by atoms with Gasteiger partial charge in [-0.3, -0.25) is 4.68 Å². The van der Waals surface area contributed by atoms with E-state index in [-0.39, 0.29) is 0 Å². The van der Waals surface area contributed by atoms with Crippen LogP contribution >= 0.6 is 0 Å². The molecule has 1 aromatic carbocycles. The number of fused-ring (bicyclic) bond motifs is 1. The third kappa shape index (κ3) is 2.40. The molecule has 1 heterocycles. The van der Waals surface area contributed by atoms with Gasteiger partial charge in [0.1, 0.15) is 0 Å². The summed E-state index contributed by atoms with van der Waals surface area (Å²) < 4.78 is 1.92. The quantitative estimate of drug-likeness (QED) is 0.866. The number of aliphatic hydroxyl groups excluding tert-OH is 1. The Labute approximate surface area is 107 Å². The molecule has 1 atom stereocenters. The zero-order valence-corrected chi connectivity index (χ0v) is 11.1. The van der Waals surface area contributed by atoms with Gasteiger partial charge in [0.25, 0.3) is 0 Å². The van der Waals surface area contributed by atoms with E-state index in [1.54, 1.807) is 13.8 Å². The summed E-state index contributed by atoms with van der Waals surface area (Å²) >= 11 is 0. The highest BCUT2D eigenvalue weighted by Crippen LogP contribution is 2.22. The first-order chi connectivity index (χ1) is 8.43. The number of benzene rings is 1. The fourth-order valence-electron chi connectivity index (χ4n) is 2.02. The van der Waals surface area contributed by atoms with Crippen LogP contribution in [0.4, 0.5) is 0 Å². The number of nitrogens with zero attached hydrogens (tertiary/aromatic N) is 2. The number of rotatable bonds is 4. The van der Waals surface area contributed by atoms with Gasteiger partial charge < -0.3 is 10.2 Å². The van der Waals surface area contributed by atoms with Gasteiger partial charge in [0.05, 0.1) is 22.9 Å². The van der Waals surface area contributed by atoms with Crippen LogP contribution in [0.5, 0.6) is 0 Å². The molecule has 0 saturated carbocycles. The van der Waals surface area contributed by atoms with Crippen molar-refractivity contribution in [3.8, 4) is 0 Å². The van der Waals surface area contributed by atoms with Crippen molar-refractivity contribution >= 4 is 10.9 Å². The Kier molecular flexibility index (Phi) is 3.41. The van der Waals surface area contributed by atoms with Crippen LogP contribution in [0.1, 0.15) is 26.5 Å². The van der Waals surface area contributed by atoms with E-state index in [9.17, 15) is 10.2 Å². The van der Waals surface area contributed by atoms with Gasteiger partial charge in [0, 0.05) is 18.4 Å². The third-order valence-electron chi connectivity index (χ3n) is 3.24. The molecule has 98 valence electrons. The van der Waals surface area contributed by atoms with Crippen LogP contribution in [0.15, 0.2) is 24.3 Å². The highest BCUT2D eigenvalue weighted by molar-refractivity contribution is 5.82. The zero-order valence-electron chi connectivity index (χ0n) is 11.1. The summed E-state index contributed by atoms with van der Waals surface area (Å²) in [4.78, 5) is 0. The minimum atomic E-state index is -1.11. The van der Waals surface area contributed by atoms with E-state index in [0.29, 0.717) is 6.42 Å². The predicted octanol–water partition coefficient (Wildman–Crippen LogP) is 1.73. The van der Waals surface area contributed by atoms with E-state index in [2.05, 4.69) is 5.10 Å². The van der Waals surface area contributed by atoms with E-state index in [0.717, 1.165) is 23.1 Å². The standard InChI is InChI=1S/C14H20N2O2/c1-4-16-12-8-6-5-7-10(12)11(15-16)9-13(17)14(2,3)18/h5-8,13,17-18H,4,9H2,1-3H3. The average molecular weight is 248 g/mol. The molecule has 2 rings (SSSR count). The molecule has 18 heavy (non-hydrogen) atoms. The van der Waals surface area contributed by atoms with Crippen LogP contribution in [0.2, 0.25) is 0 Å². The van der Waals surface area contributed by atoms with Crippen molar-refractivity contribution in [3.63, 3.8) is 0 Å². The van der Waals surface area contributed by atoms with E-state index in [1.165, 1.54) is 0 Å². The van der Waals surface area contributed by atoms with Crippen LogP contribution in [0.3, 0.4) is 0 Å². The normalized spacial score (nSPS) is 14.1. The van der Waals surface area contributed by atoms with Crippen molar-refractivity contribution in [1.29, 1.82) is 0 Å². The number of aliphatic hydroxyl groups is 2. The van der Waals surface area contributed by atoms with Crippen molar-refractivity contribution in [2.24, 2.45) is 0 Å². The fraction of sp³-hybridized carbons (Fsp3) is 0.500. The number of hydrogen-bond donors (Lipinski definition) is 2. The van der Waals surface area contributed by atoms with Crippen LogP contribution in [0.25, 0.3) is 10.9 Å². The number of hydrogen-bond acceptors (Lipinski definition) is 3. The molecule has 0 radical (unpaired) electrons. The predicted molar refractivity (Wildman–Crippen MR) is 71.4 cm³/mol. The van der Waals surface area contributed by atoms with Gasteiger partial charge in [-0.25, -0.2) is 0 Å². The first kappa shape index (κ1) is 13.1. The largest absolute Gasteiger partial charge is 0.390 e. The van der Waals surface area contributed by atoms with Crippen LogP contribution in [-0.4, -0.2) is 31.7 Å². The SMILES string of the molecule is CCn1nc(CC(O)C(C)(C)O)c2ccccc21. The molecule has 0 fully saturated rings. The van der Waals surface area contributed by atoms with Gasteiger partial charge in [-0.05, 0) is 26.8 Å². The summed E-state index contributed by atoms with van der Waals surface area (Å²) in [6.45, 7) is 6.04. The molecular formula is C14H20N2O2. The molecule has 0 aliphatic carbocycles. The van der Waals surface area contributed by atoms with E-state index >= 15 is 0 Å². The number of para-hydroxylation sites is 1. The Morgan fingerprint density at radius 2 is 2.00 bits per heavy atom. The van der Waals surface area contributed by atoms with Crippen LogP contribution in [0, 0.1) is 0 Å². The van der Waals surface area contributed by atoms with E-state index < -0.39 is 11.7 Å². The summed E-state index contributed by atoms with van der Waals surface area (Å²) in [6, 6.07) is 7.96. The van der Waals surface area contributed by atoms with Gasteiger partial charge in [-0.1, -0.05) is 18.2 Å². The fourth-order valence-corrected chi connectivity index (χ4v) is 2.02. The summed E-state index contributed by atoms with van der Waals surface area (Å²) in [5, 5.41) is 25.3. The summed E-state index contributed by atoms with van der Waals surface area (Å²) in [6.07, 6.45) is -0.460. The van der Waals surface area contributed by atoms with Crippen molar-refractivity contribution in [2.45, 2.75) is 45.4 Å². The average Bonchev–Trinajstić information content (AvgIpc) is 2.67. The molecule has 0 aliphatic rings. The van der Waals surface area contributed by atoms with Gasteiger partial charge in [0.2, 0.25) is 0 Å². The maximum Gasteiger partial charge on any atom is 0.0877 e. The van der Waals surface area contributed by atoms with Gasteiger partial charge >= 0.3 is 0 Å². The smallest absolute Gasteiger partial charge is 0.0877 e. The molecule has 0 saturated heterocycles. The summed E-state index contributed by atoms with van der Waals surface area (Å²) in [5.74, 6) is 0. The summed E-state index contributed by atoms with van der Waals surface area (Å²) in [7, 11) is 0. The molecule has 0 bridgehead atoms. The van der Waals surface area contributed by atoms with E-state index in [1.807, 2.05) is 35.9 Å². The second-order valence-corrected chi connectivity index (χ2v) is 5.15. The van der Waals surface area contributed by atoms with Crippen LogP contribution < -0.4 is 0 Å². The Morgan fingerprint density at radius 3 is 2.61 bits per heavy atom. The maximum absolute atomic E-state index is 9.98. The Morgan fingerprint density at radius 1 is 1.33 bits per heavy atom. The molecule has 2 aromatic rings. The molecule has 4 heteroatoms. The van der Waals surface area contributed by atoms with Crippen LogP contribution in [-0.2, 0) is 13.0 Å². The summed E-state index contributed by atoms with van der Waals surface area (Å²) in [5.41, 5.74) is 0.789. The molecule has 0 spiro atoms. The molecule has 0 amide bonds. The lowest BCUT2D eigenvalue weighted by Gasteiger charge is -2.23. The van der Waals surface area contributed by atoms with E-state index in [4.69, 9.17) is 0 Å². The second-order valence-electron chi connectivity index (χ2n) is 5.15. The molecule has 1 unspecified atom stereocenters. The van der Waals surface area contributed by atoms with Crippen molar-refractivity contribution < 1.29 is 10.2 Å². The monoisotopic (exact) mass is 248 g/mol. The van der Waals surface area contributed by atoms with Gasteiger partial charge in [-0.15, -0.1) is 0 Å². The highest BCUT2D eigenvalue weighted by atomic mass is 16.3. The third-order valence-corrected chi connectivity index (χ3v) is 3.24. The van der Waals surface area contributed by atoms with Crippen molar-refractivity contribution in [2.75, 3.05) is 0 Å². The minimum Gasteiger partial charge on any atom is -0.390 e. The van der Waals surface area contributed by atoms with Gasteiger partial charge in [-0.2, -0.15) is 5.10 Å². The van der Waals surface area contributed by atoms with Crippen molar-refractivity contribution in [3.05, 3.63) is 30.0 Å². The van der Waals surface area contributed by atoms with Crippen molar-refractivity contribution in [1.82, 2.24) is 9.78 Å². The Bertz CT molecular complexity index is 540. The Hall–Kier alpha value is -1.39. The molecule has 4 nitrogen and oxygen atoms in total. The Balaban J connectivity index is 2.40. The topological polar surface area (TPSA) is 58.3 Å². The lowest BCUT2D eigenvalue weighted by Crippen LogP contribution is -2.37. The number of aromatic nitrogens is 2.